The van der Waals surface area contributed by atoms with Crippen LogP contribution in [-0.4, -0.2) is 11.9 Å². The number of nitrogens with two attached hydrogens (primary N) is 1. The van der Waals surface area contributed by atoms with Crippen molar-refractivity contribution in [2.45, 2.75) is 12.1 Å². The molecule has 2 atom stereocenters. The Bertz CT molecular complexity index is 597. The number of β-lactam (4-membered cyclic amide) rings is 1. The average molecular weight is 273 g/mol. The summed E-state index contributed by atoms with van der Waals surface area (Å²) in [6.45, 7) is 0. The summed E-state index contributed by atoms with van der Waals surface area (Å²) in [6, 6.07) is 16.5. The summed E-state index contributed by atoms with van der Waals surface area (Å²) in [5.41, 5.74) is 7.81. The van der Waals surface area contributed by atoms with Crippen LogP contribution >= 0.6 is 11.6 Å². The molecule has 0 saturated carbocycles. The van der Waals surface area contributed by atoms with Crippen LogP contribution in [0.25, 0.3) is 0 Å². The molecule has 2 aromatic rings. The number of carbonyl (C=O) groups excluding carboxylic acids is 1. The van der Waals surface area contributed by atoms with E-state index in [-0.39, 0.29) is 11.9 Å². The van der Waals surface area contributed by atoms with Gasteiger partial charge in [0, 0.05) is 10.7 Å². The van der Waals surface area contributed by atoms with E-state index >= 15 is 0 Å². The van der Waals surface area contributed by atoms with E-state index in [0.29, 0.717) is 5.02 Å². The Morgan fingerprint density at radius 3 is 2.26 bits per heavy atom. The standard InChI is InChI=1S/C15H13ClN2O/c16-11-6-8-12(9-7-11)18-14(13(17)15(18)19)10-4-2-1-3-5-10/h1-9,13-14H,17H2/t13-,14-/m1/s1. The minimum absolute atomic E-state index is 0.0591. The van der Waals surface area contributed by atoms with E-state index in [1.807, 2.05) is 42.5 Å². The average Bonchev–Trinajstić information content (AvgIpc) is 2.46. The van der Waals surface area contributed by atoms with Crippen molar-refractivity contribution in [2.24, 2.45) is 5.73 Å². The first kappa shape index (κ1) is 12.2. The third kappa shape index (κ3) is 2.01. The Morgan fingerprint density at radius 1 is 1.00 bits per heavy atom. The highest BCUT2D eigenvalue weighted by Crippen LogP contribution is 2.38. The van der Waals surface area contributed by atoms with Gasteiger partial charge in [-0.15, -0.1) is 0 Å². The SMILES string of the molecule is N[C@H]1C(=O)N(c2ccc(Cl)cc2)[C@@H]1c1ccccc1. The van der Waals surface area contributed by atoms with Gasteiger partial charge in [-0.3, -0.25) is 4.79 Å². The van der Waals surface area contributed by atoms with Gasteiger partial charge >= 0.3 is 0 Å². The van der Waals surface area contributed by atoms with Crippen LogP contribution in [0.2, 0.25) is 5.02 Å². The minimum Gasteiger partial charge on any atom is -0.318 e. The van der Waals surface area contributed by atoms with Gasteiger partial charge < -0.3 is 10.6 Å². The van der Waals surface area contributed by atoms with Gasteiger partial charge in [0.25, 0.3) is 0 Å². The van der Waals surface area contributed by atoms with Gasteiger partial charge in [-0.05, 0) is 29.8 Å². The van der Waals surface area contributed by atoms with Crippen LogP contribution in [-0.2, 0) is 4.79 Å². The topological polar surface area (TPSA) is 46.3 Å². The molecule has 0 aliphatic carbocycles. The third-order valence-electron chi connectivity index (χ3n) is 3.39. The van der Waals surface area contributed by atoms with Crippen molar-refractivity contribution in [3.63, 3.8) is 0 Å². The second-order valence-corrected chi connectivity index (χ2v) is 5.00. The smallest absolute Gasteiger partial charge is 0.247 e. The highest BCUT2D eigenvalue weighted by molar-refractivity contribution is 6.30. The molecule has 1 aliphatic rings. The molecule has 1 heterocycles. The summed E-state index contributed by atoms with van der Waals surface area (Å²) in [4.78, 5) is 13.7. The molecule has 3 nitrogen and oxygen atoms in total. The quantitative estimate of drug-likeness (QED) is 0.855. The van der Waals surface area contributed by atoms with Crippen LogP contribution in [0.5, 0.6) is 0 Å². The molecule has 0 bridgehead atoms. The molecular formula is C15H13ClN2O. The van der Waals surface area contributed by atoms with Gasteiger partial charge in [-0.2, -0.15) is 0 Å². The zero-order chi connectivity index (χ0) is 13.4. The van der Waals surface area contributed by atoms with Crippen molar-refractivity contribution in [1.29, 1.82) is 0 Å². The second-order valence-electron chi connectivity index (χ2n) is 4.57. The summed E-state index contributed by atoms with van der Waals surface area (Å²) in [5, 5.41) is 0.650. The number of carbonyl (C=O) groups is 1. The van der Waals surface area contributed by atoms with Crippen LogP contribution in [0.3, 0.4) is 0 Å². The lowest BCUT2D eigenvalue weighted by atomic mass is 9.88. The molecule has 0 aromatic heterocycles. The first-order chi connectivity index (χ1) is 9.18. The molecule has 1 aliphatic heterocycles. The Kier molecular flexibility index (Phi) is 3.01. The maximum Gasteiger partial charge on any atom is 0.247 e. The van der Waals surface area contributed by atoms with Gasteiger partial charge in [0.1, 0.15) is 6.04 Å². The Morgan fingerprint density at radius 2 is 1.63 bits per heavy atom. The van der Waals surface area contributed by atoms with E-state index in [1.165, 1.54) is 0 Å². The number of halogens is 1. The van der Waals surface area contributed by atoms with Crippen molar-refractivity contribution < 1.29 is 4.79 Å². The minimum atomic E-state index is -0.474. The van der Waals surface area contributed by atoms with Gasteiger partial charge in [0.05, 0.1) is 6.04 Å². The van der Waals surface area contributed by atoms with E-state index in [4.69, 9.17) is 17.3 Å². The van der Waals surface area contributed by atoms with Gasteiger partial charge in [-0.1, -0.05) is 41.9 Å². The van der Waals surface area contributed by atoms with E-state index in [1.54, 1.807) is 17.0 Å². The molecule has 1 fully saturated rings. The monoisotopic (exact) mass is 272 g/mol. The zero-order valence-corrected chi connectivity index (χ0v) is 10.9. The van der Waals surface area contributed by atoms with Gasteiger partial charge in [0.15, 0.2) is 0 Å². The number of benzene rings is 2. The van der Waals surface area contributed by atoms with E-state index in [0.717, 1.165) is 11.3 Å². The van der Waals surface area contributed by atoms with Crippen LogP contribution in [0, 0.1) is 0 Å². The fourth-order valence-electron chi connectivity index (χ4n) is 2.41. The van der Waals surface area contributed by atoms with Crippen LogP contribution in [0.1, 0.15) is 11.6 Å². The highest BCUT2D eigenvalue weighted by atomic mass is 35.5. The lowest BCUT2D eigenvalue weighted by Crippen LogP contribution is -2.63. The Hall–Kier alpha value is -1.84. The maximum atomic E-state index is 12.0. The first-order valence-electron chi connectivity index (χ1n) is 6.07. The lowest BCUT2D eigenvalue weighted by Gasteiger charge is -2.45. The normalized spacial score (nSPS) is 22.2. The Labute approximate surface area is 116 Å². The van der Waals surface area contributed by atoms with Crippen molar-refractivity contribution in [3.8, 4) is 0 Å². The summed E-state index contributed by atoms with van der Waals surface area (Å²) < 4.78 is 0. The van der Waals surface area contributed by atoms with E-state index < -0.39 is 6.04 Å². The second kappa shape index (κ2) is 4.68. The number of anilines is 1. The summed E-state index contributed by atoms with van der Waals surface area (Å²) in [7, 11) is 0. The maximum absolute atomic E-state index is 12.0. The Balaban J connectivity index is 1.96. The molecule has 19 heavy (non-hydrogen) atoms. The van der Waals surface area contributed by atoms with E-state index in [9.17, 15) is 4.79 Å². The molecule has 3 rings (SSSR count). The van der Waals surface area contributed by atoms with Gasteiger partial charge in [0.2, 0.25) is 5.91 Å². The molecule has 0 radical (unpaired) electrons. The molecule has 0 spiro atoms. The van der Waals surface area contributed by atoms with Crippen molar-refractivity contribution in [3.05, 3.63) is 65.2 Å². The summed E-state index contributed by atoms with van der Waals surface area (Å²) >= 11 is 5.87. The predicted octanol–water partition coefficient (Wildman–Crippen LogP) is 2.76. The number of rotatable bonds is 2. The van der Waals surface area contributed by atoms with Crippen molar-refractivity contribution >= 4 is 23.2 Å². The summed E-state index contributed by atoms with van der Waals surface area (Å²) in [5.74, 6) is -0.0591. The van der Waals surface area contributed by atoms with Crippen LogP contribution < -0.4 is 10.6 Å². The lowest BCUT2D eigenvalue weighted by molar-refractivity contribution is -0.126. The molecule has 1 saturated heterocycles. The van der Waals surface area contributed by atoms with Crippen LogP contribution in [0.4, 0.5) is 5.69 Å². The fraction of sp³-hybridized carbons (Fsp3) is 0.133. The van der Waals surface area contributed by atoms with Gasteiger partial charge in [-0.25, -0.2) is 0 Å². The first-order valence-corrected chi connectivity index (χ1v) is 6.45. The van der Waals surface area contributed by atoms with Crippen molar-refractivity contribution in [2.75, 3.05) is 4.90 Å². The highest BCUT2D eigenvalue weighted by Gasteiger charge is 2.46. The summed E-state index contributed by atoms with van der Waals surface area (Å²) in [6.07, 6.45) is 0. The van der Waals surface area contributed by atoms with Crippen LogP contribution in [0.15, 0.2) is 54.6 Å². The number of hydrogen-bond acceptors (Lipinski definition) is 2. The van der Waals surface area contributed by atoms with E-state index in [2.05, 4.69) is 0 Å². The zero-order valence-electron chi connectivity index (χ0n) is 10.2. The largest absolute Gasteiger partial charge is 0.318 e. The molecule has 2 aromatic carbocycles. The molecular weight excluding hydrogens is 260 g/mol. The number of hydrogen-bond donors (Lipinski definition) is 1. The molecule has 1 amide bonds. The van der Waals surface area contributed by atoms with Crippen molar-refractivity contribution in [1.82, 2.24) is 0 Å². The fourth-order valence-corrected chi connectivity index (χ4v) is 2.53. The molecule has 96 valence electrons. The molecule has 0 unspecified atom stereocenters. The predicted molar refractivity (Wildman–Crippen MR) is 76.1 cm³/mol. The number of amides is 1. The molecule has 4 heteroatoms. The molecule has 2 N–H and O–H groups in total. The number of nitrogens with zero attached hydrogens (tertiary/aromatic N) is 1. The third-order valence-corrected chi connectivity index (χ3v) is 3.64.